The molecule has 1 rings (SSSR count). The summed E-state index contributed by atoms with van der Waals surface area (Å²) in [5, 5.41) is 13.4. The number of hydrogen-bond donors (Lipinski definition) is 1. The molecule has 8 heteroatoms. The van der Waals surface area contributed by atoms with E-state index in [-0.39, 0.29) is 10.6 Å². The van der Waals surface area contributed by atoms with E-state index in [2.05, 4.69) is 5.32 Å². The molecule has 0 aliphatic carbocycles. The molecule has 0 amide bonds. The quantitative estimate of drug-likeness (QED) is 0.599. The van der Waals surface area contributed by atoms with Gasteiger partial charge in [0.15, 0.2) is 0 Å². The van der Waals surface area contributed by atoms with Crippen LogP contribution < -0.4 is 5.32 Å². The van der Waals surface area contributed by atoms with Gasteiger partial charge in [0, 0.05) is 32.3 Å². The first-order valence-corrected chi connectivity index (χ1v) is 6.69. The van der Waals surface area contributed by atoms with E-state index < -0.39 is 14.9 Å². The SMILES string of the molecule is CNCCN(C)S(=O)(=O)c1cccc([N+](=O)[O-])c1. The van der Waals surface area contributed by atoms with Gasteiger partial charge in [-0.1, -0.05) is 6.07 Å². The molecule has 0 bridgehead atoms. The molecule has 0 spiro atoms. The van der Waals surface area contributed by atoms with E-state index >= 15 is 0 Å². The molecule has 1 aromatic carbocycles. The van der Waals surface area contributed by atoms with E-state index in [0.717, 1.165) is 10.4 Å². The lowest BCUT2D eigenvalue weighted by Gasteiger charge is -2.16. The second kappa shape index (κ2) is 5.89. The van der Waals surface area contributed by atoms with Crippen LogP contribution in [0.3, 0.4) is 0 Å². The summed E-state index contributed by atoms with van der Waals surface area (Å²) in [4.78, 5) is 9.92. The highest BCUT2D eigenvalue weighted by molar-refractivity contribution is 7.89. The van der Waals surface area contributed by atoms with Crippen molar-refractivity contribution in [1.29, 1.82) is 0 Å². The molecule has 100 valence electrons. The number of benzene rings is 1. The van der Waals surface area contributed by atoms with Crippen LogP contribution in [-0.2, 0) is 10.0 Å². The lowest BCUT2D eigenvalue weighted by Crippen LogP contribution is -2.32. The molecule has 18 heavy (non-hydrogen) atoms. The van der Waals surface area contributed by atoms with Crippen LogP contribution in [-0.4, -0.2) is 44.8 Å². The van der Waals surface area contributed by atoms with Crippen LogP contribution in [0.25, 0.3) is 0 Å². The normalized spacial score (nSPS) is 11.7. The lowest BCUT2D eigenvalue weighted by atomic mass is 10.3. The standard InChI is InChI=1S/C10H15N3O4S/c1-11-6-7-12(2)18(16,17)10-5-3-4-9(8-10)13(14)15/h3-5,8,11H,6-7H2,1-2H3. The lowest BCUT2D eigenvalue weighted by molar-refractivity contribution is -0.385. The first-order valence-electron chi connectivity index (χ1n) is 5.25. The number of likely N-dealkylation sites (N-methyl/N-ethyl adjacent to an activating group) is 2. The van der Waals surface area contributed by atoms with Gasteiger partial charge >= 0.3 is 0 Å². The zero-order chi connectivity index (χ0) is 13.8. The molecule has 1 aromatic rings. The summed E-state index contributed by atoms with van der Waals surface area (Å²) in [6, 6.07) is 5.02. The molecule has 0 aliphatic rings. The Hall–Kier alpha value is -1.51. The molecule has 0 aromatic heterocycles. The third-order valence-corrected chi connectivity index (χ3v) is 4.27. The van der Waals surface area contributed by atoms with Gasteiger partial charge in [-0.3, -0.25) is 10.1 Å². The third kappa shape index (κ3) is 3.25. The number of non-ortho nitro benzene ring substituents is 1. The Kier molecular flexibility index (Phi) is 4.76. The van der Waals surface area contributed by atoms with Gasteiger partial charge in [0.25, 0.3) is 5.69 Å². The Labute approximate surface area is 106 Å². The van der Waals surface area contributed by atoms with E-state index in [1.54, 1.807) is 7.05 Å². The van der Waals surface area contributed by atoms with E-state index in [0.29, 0.717) is 13.1 Å². The molecule has 0 saturated carbocycles. The summed E-state index contributed by atoms with van der Waals surface area (Å²) in [7, 11) is -0.526. The Bertz CT molecular complexity index is 530. The monoisotopic (exact) mass is 273 g/mol. The number of nitrogens with one attached hydrogen (secondary N) is 1. The van der Waals surface area contributed by atoms with Crippen molar-refractivity contribution < 1.29 is 13.3 Å². The van der Waals surface area contributed by atoms with Gasteiger partial charge in [-0.05, 0) is 13.1 Å². The average Bonchev–Trinajstić information content (AvgIpc) is 2.35. The summed E-state index contributed by atoms with van der Waals surface area (Å²) >= 11 is 0. The molecule has 1 N–H and O–H groups in total. The van der Waals surface area contributed by atoms with Gasteiger partial charge in [0.1, 0.15) is 0 Å². The fraction of sp³-hybridized carbons (Fsp3) is 0.400. The molecule has 0 fully saturated rings. The molecule has 7 nitrogen and oxygen atoms in total. The Morgan fingerprint density at radius 2 is 2.11 bits per heavy atom. The molecule has 0 saturated heterocycles. The Morgan fingerprint density at radius 1 is 1.44 bits per heavy atom. The first kappa shape index (κ1) is 14.6. The maximum atomic E-state index is 12.1. The fourth-order valence-electron chi connectivity index (χ4n) is 1.33. The number of rotatable bonds is 6. The van der Waals surface area contributed by atoms with E-state index in [4.69, 9.17) is 0 Å². The van der Waals surface area contributed by atoms with Crippen LogP contribution in [0, 0.1) is 10.1 Å². The smallest absolute Gasteiger partial charge is 0.270 e. The predicted molar refractivity (Wildman–Crippen MR) is 66.8 cm³/mol. The minimum absolute atomic E-state index is 0.0738. The van der Waals surface area contributed by atoms with Crippen LogP contribution in [0.4, 0.5) is 5.69 Å². The Morgan fingerprint density at radius 3 is 2.67 bits per heavy atom. The average molecular weight is 273 g/mol. The number of nitrogens with zero attached hydrogens (tertiary/aromatic N) is 2. The second-order valence-electron chi connectivity index (χ2n) is 3.68. The Balaban J connectivity index is 3.04. The van der Waals surface area contributed by atoms with Crippen molar-refractivity contribution >= 4 is 15.7 Å². The molecular weight excluding hydrogens is 258 g/mol. The minimum Gasteiger partial charge on any atom is -0.318 e. The summed E-state index contributed by atoms with van der Waals surface area (Å²) in [6.45, 7) is 0.798. The van der Waals surface area contributed by atoms with Crippen molar-refractivity contribution in [3.63, 3.8) is 0 Å². The molecule has 0 aliphatic heterocycles. The van der Waals surface area contributed by atoms with Crippen molar-refractivity contribution in [2.24, 2.45) is 0 Å². The van der Waals surface area contributed by atoms with Gasteiger partial charge in [0.2, 0.25) is 10.0 Å². The molecule has 0 heterocycles. The number of sulfonamides is 1. The zero-order valence-corrected chi connectivity index (χ0v) is 11.0. The van der Waals surface area contributed by atoms with Crippen molar-refractivity contribution in [1.82, 2.24) is 9.62 Å². The first-order chi connectivity index (χ1) is 8.39. The summed E-state index contributed by atoms with van der Waals surface area (Å²) in [5.41, 5.74) is -0.238. The van der Waals surface area contributed by atoms with Crippen LogP contribution in [0.2, 0.25) is 0 Å². The second-order valence-corrected chi connectivity index (χ2v) is 5.73. The molecule has 0 radical (unpaired) electrons. The molecular formula is C10H15N3O4S. The largest absolute Gasteiger partial charge is 0.318 e. The van der Waals surface area contributed by atoms with Crippen LogP contribution in [0.1, 0.15) is 0 Å². The van der Waals surface area contributed by atoms with Crippen LogP contribution in [0.5, 0.6) is 0 Å². The minimum atomic E-state index is -3.68. The summed E-state index contributed by atoms with van der Waals surface area (Å²) in [6.07, 6.45) is 0. The number of nitro benzene ring substituents is 1. The van der Waals surface area contributed by atoms with Crippen molar-refractivity contribution in [3.05, 3.63) is 34.4 Å². The van der Waals surface area contributed by atoms with Crippen LogP contribution >= 0.6 is 0 Å². The van der Waals surface area contributed by atoms with E-state index in [1.807, 2.05) is 0 Å². The highest BCUT2D eigenvalue weighted by Gasteiger charge is 2.22. The third-order valence-electron chi connectivity index (χ3n) is 2.41. The fourth-order valence-corrected chi connectivity index (χ4v) is 2.54. The molecule has 0 unspecified atom stereocenters. The van der Waals surface area contributed by atoms with Gasteiger partial charge in [-0.2, -0.15) is 4.31 Å². The summed E-state index contributed by atoms with van der Waals surface area (Å²) in [5.74, 6) is 0. The summed E-state index contributed by atoms with van der Waals surface area (Å²) < 4.78 is 25.3. The highest BCUT2D eigenvalue weighted by Crippen LogP contribution is 2.19. The topological polar surface area (TPSA) is 92.6 Å². The van der Waals surface area contributed by atoms with E-state index in [1.165, 1.54) is 25.2 Å². The molecule has 0 atom stereocenters. The van der Waals surface area contributed by atoms with Crippen molar-refractivity contribution in [2.75, 3.05) is 27.2 Å². The van der Waals surface area contributed by atoms with Crippen LogP contribution in [0.15, 0.2) is 29.2 Å². The van der Waals surface area contributed by atoms with Gasteiger partial charge in [-0.25, -0.2) is 8.42 Å². The maximum absolute atomic E-state index is 12.1. The van der Waals surface area contributed by atoms with E-state index in [9.17, 15) is 18.5 Å². The van der Waals surface area contributed by atoms with Crippen molar-refractivity contribution in [2.45, 2.75) is 4.90 Å². The maximum Gasteiger partial charge on any atom is 0.270 e. The van der Waals surface area contributed by atoms with Gasteiger partial charge < -0.3 is 5.32 Å². The predicted octanol–water partition coefficient (Wildman–Crippen LogP) is 0.435. The van der Waals surface area contributed by atoms with Gasteiger partial charge in [-0.15, -0.1) is 0 Å². The number of hydrogen-bond acceptors (Lipinski definition) is 5. The van der Waals surface area contributed by atoms with Gasteiger partial charge in [0.05, 0.1) is 9.82 Å². The number of nitro groups is 1. The van der Waals surface area contributed by atoms with Crippen molar-refractivity contribution in [3.8, 4) is 0 Å². The zero-order valence-electron chi connectivity index (χ0n) is 10.2. The highest BCUT2D eigenvalue weighted by atomic mass is 32.2.